The van der Waals surface area contributed by atoms with E-state index in [1.54, 1.807) is 25.7 Å². The van der Waals surface area contributed by atoms with Gasteiger partial charge in [0.2, 0.25) is 11.8 Å². The van der Waals surface area contributed by atoms with Crippen molar-refractivity contribution >= 4 is 17.9 Å². The molecule has 210 valence electrons. The summed E-state index contributed by atoms with van der Waals surface area (Å²) in [4.78, 5) is 42.9. The summed E-state index contributed by atoms with van der Waals surface area (Å²) in [7, 11) is 0. The maximum absolute atomic E-state index is 14.5. The minimum Gasteiger partial charge on any atom is -0.444 e. The summed E-state index contributed by atoms with van der Waals surface area (Å²) in [6, 6.07) is 26.8. The lowest BCUT2D eigenvalue weighted by Gasteiger charge is -2.43. The lowest BCUT2D eigenvalue weighted by molar-refractivity contribution is -0.147. The number of carbonyl (C=O) groups is 3. The van der Waals surface area contributed by atoms with Crippen LogP contribution < -0.4 is 10.6 Å². The van der Waals surface area contributed by atoms with Gasteiger partial charge in [-0.3, -0.25) is 9.59 Å². The Bertz CT molecular complexity index is 1260. The summed E-state index contributed by atoms with van der Waals surface area (Å²) in [6.45, 7) is 5.69. The highest BCUT2D eigenvalue weighted by Gasteiger charge is 2.42. The van der Waals surface area contributed by atoms with E-state index in [4.69, 9.17) is 4.74 Å². The van der Waals surface area contributed by atoms with Crippen LogP contribution in [0, 0.1) is 0 Å². The number of alkyl carbamates (subject to hydrolysis) is 1. The minimum atomic E-state index is -0.911. The molecule has 3 aromatic rings. The fraction of sp³-hybridized carbons (Fsp3) is 0.364. The lowest BCUT2D eigenvalue weighted by Crippen LogP contribution is -2.58. The number of nitrogens with one attached hydrogen (secondary N) is 2. The molecule has 2 unspecified atom stereocenters. The van der Waals surface area contributed by atoms with Crippen molar-refractivity contribution in [2.45, 2.75) is 76.7 Å². The zero-order valence-corrected chi connectivity index (χ0v) is 23.5. The molecule has 7 nitrogen and oxygen atoms in total. The van der Waals surface area contributed by atoms with Gasteiger partial charge in [-0.25, -0.2) is 4.79 Å². The first-order valence-corrected chi connectivity index (χ1v) is 13.9. The van der Waals surface area contributed by atoms with Gasteiger partial charge in [0.05, 0.1) is 0 Å². The van der Waals surface area contributed by atoms with Gasteiger partial charge in [0.1, 0.15) is 17.7 Å². The van der Waals surface area contributed by atoms with Gasteiger partial charge >= 0.3 is 6.09 Å². The van der Waals surface area contributed by atoms with Gasteiger partial charge < -0.3 is 20.3 Å². The highest BCUT2D eigenvalue weighted by molar-refractivity contribution is 5.92. The molecule has 0 heterocycles. The van der Waals surface area contributed by atoms with Crippen molar-refractivity contribution < 1.29 is 19.1 Å². The van der Waals surface area contributed by atoms with Crippen LogP contribution in [0.1, 0.15) is 62.8 Å². The van der Waals surface area contributed by atoms with Crippen LogP contribution >= 0.6 is 0 Å². The van der Waals surface area contributed by atoms with Gasteiger partial charge in [-0.2, -0.15) is 0 Å². The van der Waals surface area contributed by atoms with Crippen LogP contribution in [0.25, 0.3) is 0 Å². The van der Waals surface area contributed by atoms with Gasteiger partial charge in [0.25, 0.3) is 0 Å². The van der Waals surface area contributed by atoms with E-state index < -0.39 is 23.8 Å². The average Bonchev–Trinajstić information content (AvgIpc) is 2.90. The van der Waals surface area contributed by atoms with Crippen LogP contribution in [-0.2, 0) is 27.3 Å². The van der Waals surface area contributed by atoms with E-state index >= 15 is 0 Å². The summed E-state index contributed by atoms with van der Waals surface area (Å²) in [5.74, 6) is -0.561. The Morgan fingerprint density at radius 3 is 1.93 bits per heavy atom. The highest BCUT2D eigenvalue weighted by Crippen LogP contribution is 2.34. The van der Waals surface area contributed by atoms with E-state index in [0.717, 1.165) is 36.0 Å². The van der Waals surface area contributed by atoms with Crippen molar-refractivity contribution in [1.29, 1.82) is 0 Å². The summed E-state index contributed by atoms with van der Waals surface area (Å²) in [6.07, 6.45) is 2.18. The molecule has 1 saturated carbocycles. The Labute approximate surface area is 236 Å². The van der Waals surface area contributed by atoms with Crippen LogP contribution in [0.3, 0.4) is 0 Å². The number of carbonyl (C=O) groups excluding carboxylic acids is 3. The number of amides is 3. The van der Waals surface area contributed by atoms with Crippen LogP contribution in [0.5, 0.6) is 0 Å². The first kappa shape index (κ1) is 28.9. The fourth-order valence-corrected chi connectivity index (χ4v) is 4.82. The number of benzene rings is 3. The molecule has 0 saturated heterocycles. The Balaban J connectivity index is 1.67. The van der Waals surface area contributed by atoms with Crippen LogP contribution in [0.4, 0.5) is 4.79 Å². The maximum atomic E-state index is 14.5. The highest BCUT2D eigenvalue weighted by atomic mass is 16.6. The quantitative estimate of drug-likeness (QED) is 0.352. The summed E-state index contributed by atoms with van der Waals surface area (Å²) >= 11 is 0. The molecule has 0 spiro atoms. The summed E-state index contributed by atoms with van der Waals surface area (Å²) in [5.41, 5.74) is 1.87. The first-order valence-electron chi connectivity index (χ1n) is 13.9. The minimum absolute atomic E-state index is 0.112. The van der Waals surface area contributed by atoms with Crippen LogP contribution in [-0.4, -0.2) is 40.5 Å². The zero-order valence-electron chi connectivity index (χ0n) is 23.5. The molecule has 0 aliphatic heterocycles. The van der Waals surface area contributed by atoms with Gasteiger partial charge in [0.15, 0.2) is 0 Å². The molecule has 2 atom stereocenters. The molecular weight excluding hydrogens is 502 g/mol. The predicted octanol–water partition coefficient (Wildman–Crippen LogP) is 5.56. The van der Waals surface area contributed by atoms with Crippen molar-refractivity contribution in [3.8, 4) is 0 Å². The molecule has 1 aliphatic rings. The van der Waals surface area contributed by atoms with Gasteiger partial charge in [-0.05, 0) is 56.7 Å². The molecular formula is C33H39N3O4. The number of hydrogen-bond acceptors (Lipinski definition) is 4. The molecule has 0 bridgehead atoms. The molecule has 2 N–H and O–H groups in total. The number of nitrogens with zero attached hydrogens (tertiary/aromatic N) is 1. The zero-order chi connectivity index (χ0) is 28.5. The van der Waals surface area contributed by atoms with Crippen molar-refractivity contribution in [3.05, 3.63) is 108 Å². The van der Waals surface area contributed by atoms with Gasteiger partial charge in [-0.15, -0.1) is 0 Å². The summed E-state index contributed by atoms with van der Waals surface area (Å²) < 4.78 is 5.52. The molecule has 0 aromatic heterocycles. The first-order chi connectivity index (χ1) is 19.2. The van der Waals surface area contributed by atoms with Gasteiger partial charge in [0, 0.05) is 19.0 Å². The second-order valence-corrected chi connectivity index (χ2v) is 11.2. The SMILES string of the molecule is CC(C)(C)OC(=O)NC(Cc1ccccc1)C(=O)N(C1CCC1)C(C(=O)NCc1ccccc1)c1ccccc1. The standard InChI is InChI=1S/C33H39N3O4/c1-33(2,3)40-32(39)35-28(22-24-14-7-4-8-15-24)31(38)36(27-20-13-21-27)29(26-18-11-6-12-19-26)30(37)34-23-25-16-9-5-10-17-25/h4-12,14-19,27-29H,13,20-23H2,1-3H3,(H,34,37)(H,35,39). The molecule has 3 aromatic carbocycles. The Morgan fingerprint density at radius 2 is 1.40 bits per heavy atom. The van der Waals surface area contributed by atoms with E-state index in [1.165, 1.54) is 0 Å². The third-order valence-electron chi connectivity index (χ3n) is 6.95. The second kappa shape index (κ2) is 13.3. The normalized spacial score (nSPS) is 14.8. The van der Waals surface area contributed by atoms with E-state index in [1.807, 2.05) is 91.0 Å². The fourth-order valence-electron chi connectivity index (χ4n) is 4.82. The molecule has 1 fully saturated rings. The third kappa shape index (κ3) is 7.94. The topological polar surface area (TPSA) is 87.7 Å². The number of hydrogen-bond donors (Lipinski definition) is 2. The Hall–Kier alpha value is -4.13. The van der Waals surface area contributed by atoms with Crippen molar-refractivity contribution in [2.24, 2.45) is 0 Å². The Kier molecular flexibility index (Phi) is 9.59. The predicted molar refractivity (Wildman–Crippen MR) is 155 cm³/mol. The molecule has 3 amide bonds. The number of ether oxygens (including phenoxy) is 1. The smallest absolute Gasteiger partial charge is 0.408 e. The lowest BCUT2D eigenvalue weighted by atomic mass is 9.87. The molecule has 7 heteroatoms. The molecule has 1 aliphatic carbocycles. The molecule has 4 rings (SSSR count). The largest absolute Gasteiger partial charge is 0.444 e. The molecule has 40 heavy (non-hydrogen) atoms. The van der Waals surface area contributed by atoms with Crippen molar-refractivity contribution in [2.75, 3.05) is 0 Å². The molecule has 0 radical (unpaired) electrons. The van der Waals surface area contributed by atoms with Gasteiger partial charge in [-0.1, -0.05) is 91.0 Å². The Morgan fingerprint density at radius 1 is 0.850 bits per heavy atom. The second-order valence-electron chi connectivity index (χ2n) is 11.2. The van der Waals surface area contributed by atoms with Crippen LogP contribution in [0.15, 0.2) is 91.0 Å². The monoisotopic (exact) mass is 541 g/mol. The maximum Gasteiger partial charge on any atom is 0.408 e. The van der Waals surface area contributed by atoms with Crippen molar-refractivity contribution in [3.63, 3.8) is 0 Å². The van der Waals surface area contributed by atoms with E-state index in [0.29, 0.717) is 6.54 Å². The van der Waals surface area contributed by atoms with E-state index in [2.05, 4.69) is 10.6 Å². The summed E-state index contributed by atoms with van der Waals surface area (Å²) in [5, 5.41) is 5.88. The van der Waals surface area contributed by atoms with E-state index in [9.17, 15) is 14.4 Å². The number of rotatable bonds is 10. The van der Waals surface area contributed by atoms with Crippen molar-refractivity contribution in [1.82, 2.24) is 15.5 Å². The van der Waals surface area contributed by atoms with E-state index in [-0.39, 0.29) is 24.3 Å². The van der Waals surface area contributed by atoms with Crippen LogP contribution in [0.2, 0.25) is 0 Å². The average molecular weight is 542 g/mol. The third-order valence-corrected chi connectivity index (χ3v) is 6.95.